The second-order valence-electron chi connectivity index (χ2n) is 5.58. The van der Waals surface area contributed by atoms with Crippen molar-refractivity contribution in [3.05, 3.63) is 57.9 Å². The van der Waals surface area contributed by atoms with E-state index < -0.39 is 11.8 Å². The van der Waals surface area contributed by atoms with E-state index in [1.165, 1.54) is 11.3 Å². The number of nitrogens with one attached hydrogen (secondary N) is 3. The van der Waals surface area contributed by atoms with Gasteiger partial charge in [0.1, 0.15) is 0 Å². The summed E-state index contributed by atoms with van der Waals surface area (Å²) >= 11 is 1.41. The van der Waals surface area contributed by atoms with E-state index in [1.807, 2.05) is 37.3 Å². The molecule has 0 aliphatic heterocycles. The lowest BCUT2D eigenvalue weighted by atomic mass is 10.2. The summed E-state index contributed by atoms with van der Waals surface area (Å²) in [6.45, 7) is 1.92. The number of aryl methyl sites for hydroxylation is 1. The average Bonchev–Trinajstić information content (AvgIpc) is 3.23. The van der Waals surface area contributed by atoms with Crippen LogP contribution < -0.4 is 10.9 Å². The molecule has 0 aliphatic rings. The van der Waals surface area contributed by atoms with Crippen LogP contribution in [0.3, 0.4) is 0 Å². The molecule has 3 N–H and O–H groups in total. The number of carbonyl (C=O) groups is 3. The van der Waals surface area contributed by atoms with Crippen molar-refractivity contribution in [3.8, 4) is 0 Å². The lowest BCUT2D eigenvalue weighted by molar-refractivity contribution is -0.121. The number of rotatable bonds is 5. The van der Waals surface area contributed by atoms with Crippen LogP contribution in [0, 0.1) is 6.92 Å². The van der Waals surface area contributed by atoms with E-state index in [-0.39, 0.29) is 18.6 Å². The van der Waals surface area contributed by atoms with Gasteiger partial charge in [-0.05, 0) is 25.1 Å². The Balaban J connectivity index is 1.50. The number of hydrogen-bond donors (Lipinski definition) is 3. The predicted molar refractivity (Wildman–Crippen MR) is 96.5 cm³/mol. The number of amides is 2. The minimum Gasteiger partial charge on any atom is -0.360 e. The lowest BCUT2D eigenvalue weighted by Crippen LogP contribution is -2.41. The maximum atomic E-state index is 12.2. The fourth-order valence-corrected chi connectivity index (χ4v) is 3.29. The van der Waals surface area contributed by atoms with Gasteiger partial charge < -0.3 is 4.98 Å². The van der Waals surface area contributed by atoms with E-state index in [0.29, 0.717) is 10.4 Å². The number of carbonyl (C=O) groups excluding carboxylic acids is 3. The van der Waals surface area contributed by atoms with Crippen LogP contribution in [-0.4, -0.2) is 22.6 Å². The van der Waals surface area contributed by atoms with Crippen LogP contribution in [0.15, 0.2) is 42.6 Å². The van der Waals surface area contributed by atoms with E-state index in [1.54, 1.807) is 12.3 Å². The third-order valence-corrected chi connectivity index (χ3v) is 4.79. The number of Topliss-reactive ketones (excluding diaryl/α,β-unsaturated/α-hetero) is 1. The summed E-state index contributed by atoms with van der Waals surface area (Å²) in [5.41, 5.74) is 6.01. The third kappa shape index (κ3) is 3.95. The Morgan fingerprint density at radius 2 is 1.84 bits per heavy atom. The molecule has 2 aromatic heterocycles. The first-order valence-electron chi connectivity index (χ1n) is 7.79. The zero-order chi connectivity index (χ0) is 17.8. The number of ketones is 1. The first-order valence-corrected chi connectivity index (χ1v) is 8.61. The Bertz CT molecular complexity index is 942. The molecule has 0 radical (unpaired) electrons. The maximum absolute atomic E-state index is 12.2. The molecule has 0 aliphatic carbocycles. The van der Waals surface area contributed by atoms with Crippen LogP contribution in [0.25, 0.3) is 10.9 Å². The molecule has 6 nitrogen and oxygen atoms in total. The zero-order valence-electron chi connectivity index (χ0n) is 13.6. The number of aromatic amines is 1. The summed E-state index contributed by atoms with van der Waals surface area (Å²) in [4.78, 5) is 40.7. The van der Waals surface area contributed by atoms with E-state index in [4.69, 9.17) is 0 Å². The molecule has 7 heteroatoms. The molecule has 3 rings (SSSR count). The molecule has 1 aromatic carbocycles. The Labute approximate surface area is 148 Å². The van der Waals surface area contributed by atoms with Crippen molar-refractivity contribution >= 4 is 39.8 Å². The SMILES string of the molecule is Cc1ccc(C(=O)CCC(=O)NNC(=O)c2c[nH]c3ccccc23)s1. The van der Waals surface area contributed by atoms with Gasteiger partial charge in [0.25, 0.3) is 5.91 Å². The van der Waals surface area contributed by atoms with Crippen molar-refractivity contribution in [1.82, 2.24) is 15.8 Å². The van der Waals surface area contributed by atoms with Gasteiger partial charge in [-0.1, -0.05) is 18.2 Å². The monoisotopic (exact) mass is 355 g/mol. The Kier molecular flexibility index (Phi) is 4.95. The second kappa shape index (κ2) is 7.31. The Morgan fingerprint density at radius 3 is 2.60 bits per heavy atom. The van der Waals surface area contributed by atoms with Gasteiger partial charge in [-0.15, -0.1) is 11.3 Å². The molecule has 0 saturated carbocycles. The lowest BCUT2D eigenvalue weighted by Gasteiger charge is -2.06. The smallest absolute Gasteiger partial charge is 0.271 e. The highest BCUT2D eigenvalue weighted by atomic mass is 32.1. The van der Waals surface area contributed by atoms with E-state index in [0.717, 1.165) is 15.8 Å². The van der Waals surface area contributed by atoms with Gasteiger partial charge in [0.2, 0.25) is 5.91 Å². The van der Waals surface area contributed by atoms with Crippen molar-refractivity contribution in [2.45, 2.75) is 19.8 Å². The predicted octanol–water partition coefficient (Wildman–Crippen LogP) is 2.96. The minimum absolute atomic E-state index is 0.0178. The summed E-state index contributed by atoms with van der Waals surface area (Å²) in [7, 11) is 0. The topological polar surface area (TPSA) is 91.1 Å². The van der Waals surface area contributed by atoms with Gasteiger partial charge in [-0.2, -0.15) is 0 Å². The molecule has 2 heterocycles. The van der Waals surface area contributed by atoms with Crippen LogP contribution >= 0.6 is 11.3 Å². The number of benzene rings is 1. The number of fused-ring (bicyclic) bond motifs is 1. The number of para-hydroxylation sites is 1. The summed E-state index contributed by atoms with van der Waals surface area (Å²) in [6, 6.07) is 11.0. The first kappa shape index (κ1) is 16.9. The Morgan fingerprint density at radius 1 is 1.04 bits per heavy atom. The first-order chi connectivity index (χ1) is 12.0. The standard InChI is InChI=1S/C18H17N3O3S/c1-11-6-8-16(25-11)15(22)7-9-17(23)20-21-18(24)13-10-19-14-5-3-2-4-12(13)14/h2-6,8,10,19H,7,9H2,1H3,(H,20,23)(H,21,24). The van der Waals surface area contributed by atoms with Crippen molar-refractivity contribution in [2.24, 2.45) is 0 Å². The second-order valence-corrected chi connectivity index (χ2v) is 6.87. The third-order valence-electron chi connectivity index (χ3n) is 3.74. The van der Waals surface area contributed by atoms with Gasteiger partial charge >= 0.3 is 0 Å². The van der Waals surface area contributed by atoms with Gasteiger partial charge in [0.15, 0.2) is 5.78 Å². The summed E-state index contributed by atoms with van der Waals surface area (Å²) < 4.78 is 0. The van der Waals surface area contributed by atoms with Crippen molar-refractivity contribution < 1.29 is 14.4 Å². The van der Waals surface area contributed by atoms with Crippen LogP contribution in [0.4, 0.5) is 0 Å². The number of thiophene rings is 1. The number of H-pyrrole nitrogens is 1. The molecule has 0 saturated heterocycles. The Hall–Kier alpha value is -2.93. The average molecular weight is 355 g/mol. The molecule has 25 heavy (non-hydrogen) atoms. The maximum Gasteiger partial charge on any atom is 0.271 e. The normalized spacial score (nSPS) is 10.6. The minimum atomic E-state index is -0.411. The van der Waals surface area contributed by atoms with E-state index in [9.17, 15) is 14.4 Å². The number of aromatic nitrogens is 1. The molecule has 0 fully saturated rings. The van der Waals surface area contributed by atoms with Gasteiger partial charge in [-0.3, -0.25) is 25.2 Å². The van der Waals surface area contributed by atoms with Gasteiger partial charge in [0, 0.05) is 34.8 Å². The van der Waals surface area contributed by atoms with Crippen LogP contribution in [0.1, 0.15) is 37.7 Å². The molecule has 0 spiro atoms. The van der Waals surface area contributed by atoms with Crippen LogP contribution in [0.5, 0.6) is 0 Å². The fraction of sp³-hybridized carbons (Fsp3) is 0.167. The molecule has 2 amide bonds. The number of hydrogen-bond acceptors (Lipinski definition) is 4. The largest absolute Gasteiger partial charge is 0.360 e. The van der Waals surface area contributed by atoms with Gasteiger partial charge in [-0.25, -0.2) is 0 Å². The molecule has 0 unspecified atom stereocenters. The molecule has 0 bridgehead atoms. The summed E-state index contributed by atoms with van der Waals surface area (Å²) in [5, 5.41) is 0.775. The zero-order valence-corrected chi connectivity index (χ0v) is 14.4. The van der Waals surface area contributed by atoms with Crippen LogP contribution in [-0.2, 0) is 4.79 Å². The highest BCUT2D eigenvalue weighted by Crippen LogP contribution is 2.18. The van der Waals surface area contributed by atoms with Crippen LogP contribution in [0.2, 0.25) is 0 Å². The highest BCUT2D eigenvalue weighted by Gasteiger charge is 2.14. The van der Waals surface area contributed by atoms with E-state index >= 15 is 0 Å². The quantitative estimate of drug-likeness (QED) is 0.485. The fourth-order valence-electron chi connectivity index (χ4n) is 2.45. The summed E-state index contributed by atoms with van der Waals surface area (Å²) in [6.07, 6.45) is 1.72. The van der Waals surface area contributed by atoms with Crippen molar-refractivity contribution in [1.29, 1.82) is 0 Å². The number of hydrazine groups is 1. The highest BCUT2D eigenvalue weighted by molar-refractivity contribution is 7.14. The van der Waals surface area contributed by atoms with E-state index in [2.05, 4.69) is 15.8 Å². The summed E-state index contributed by atoms with van der Waals surface area (Å²) in [5.74, 6) is -0.892. The van der Waals surface area contributed by atoms with Crippen molar-refractivity contribution in [3.63, 3.8) is 0 Å². The molecule has 128 valence electrons. The molecular formula is C18H17N3O3S. The molecule has 0 atom stereocenters. The molecule has 3 aromatic rings. The molecular weight excluding hydrogens is 338 g/mol. The van der Waals surface area contributed by atoms with Crippen molar-refractivity contribution in [2.75, 3.05) is 0 Å². The van der Waals surface area contributed by atoms with Gasteiger partial charge in [0.05, 0.1) is 10.4 Å².